The molecule has 0 atom stereocenters. The van der Waals surface area contributed by atoms with E-state index in [0.717, 1.165) is 0 Å². The SMILES string of the molecule is O=S(=O)(NCC(F)(F)F)C1CC1. The molecule has 72 valence electrons. The first-order chi connectivity index (χ1) is 5.31. The van der Waals surface area contributed by atoms with Gasteiger partial charge in [-0.3, -0.25) is 0 Å². The molecule has 1 rings (SSSR count). The second-order valence-electron chi connectivity index (χ2n) is 2.68. The first-order valence-electron chi connectivity index (χ1n) is 3.36. The van der Waals surface area contributed by atoms with Crippen LogP contribution in [0.4, 0.5) is 13.2 Å². The Kier molecular flexibility index (Phi) is 2.35. The van der Waals surface area contributed by atoms with Crippen molar-refractivity contribution in [3.05, 3.63) is 0 Å². The van der Waals surface area contributed by atoms with E-state index in [0.29, 0.717) is 12.8 Å². The predicted octanol–water partition coefficient (Wildman–Crippen LogP) is 0.631. The molecule has 0 aliphatic heterocycles. The van der Waals surface area contributed by atoms with Gasteiger partial charge in [0.1, 0.15) is 6.54 Å². The number of alkyl halides is 3. The van der Waals surface area contributed by atoms with Gasteiger partial charge in [-0.25, -0.2) is 13.1 Å². The first kappa shape index (κ1) is 9.79. The van der Waals surface area contributed by atoms with Crippen LogP contribution in [0.2, 0.25) is 0 Å². The van der Waals surface area contributed by atoms with Crippen LogP contribution < -0.4 is 4.72 Å². The number of hydrogen-bond donors (Lipinski definition) is 1. The molecule has 3 nitrogen and oxygen atoms in total. The number of sulfonamides is 1. The topological polar surface area (TPSA) is 46.2 Å². The van der Waals surface area contributed by atoms with Gasteiger partial charge >= 0.3 is 6.18 Å². The fourth-order valence-corrected chi connectivity index (χ4v) is 2.04. The molecular weight excluding hydrogens is 195 g/mol. The molecule has 0 aromatic rings. The Labute approximate surface area is 68.0 Å². The molecule has 0 aromatic carbocycles. The van der Waals surface area contributed by atoms with E-state index in [2.05, 4.69) is 0 Å². The molecular formula is C5H8F3NO2S. The van der Waals surface area contributed by atoms with Gasteiger partial charge in [0.2, 0.25) is 10.0 Å². The zero-order valence-corrected chi connectivity index (χ0v) is 6.87. The molecule has 0 aromatic heterocycles. The average molecular weight is 203 g/mol. The van der Waals surface area contributed by atoms with Crippen LogP contribution in [0.15, 0.2) is 0 Å². The number of nitrogens with one attached hydrogen (secondary N) is 1. The van der Waals surface area contributed by atoms with Gasteiger partial charge in [-0.15, -0.1) is 0 Å². The molecule has 1 aliphatic carbocycles. The van der Waals surface area contributed by atoms with Gasteiger partial charge in [0.15, 0.2) is 0 Å². The van der Waals surface area contributed by atoms with Gasteiger partial charge in [-0.1, -0.05) is 0 Å². The highest BCUT2D eigenvalue weighted by atomic mass is 32.2. The van der Waals surface area contributed by atoms with E-state index in [4.69, 9.17) is 0 Å². The highest BCUT2D eigenvalue weighted by Crippen LogP contribution is 2.27. The van der Waals surface area contributed by atoms with E-state index in [9.17, 15) is 21.6 Å². The molecule has 0 radical (unpaired) electrons. The Balaban J connectivity index is 2.41. The van der Waals surface area contributed by atoms with Crippen LogP contribution in [0.5, 0.6) is 0 Å². The maximum atomic E-state index is 11.5. The fraction of sp³-hybridized carbons (Fsp3) is 1.00. The molecule has 0 saturated heterocycles. The normalized spacial score (nSPS) is 19.6. The zero-order chi connectivity index (χ0) is 9.41. The third-order valence-electron chi connectivity index (χ3n) is 1.44. The van der Waals surface area contributed by atoms with Crippen LogP contribution in [0, 0.1) is 0 Å². The van der Waals surface area contributed by atoms with Crippen LogP contribution in [0.25, 0.3) is 0 Å². The Bertz CT molecular complexity index is 254. The minimum absolute atomic E-state index is 0.465. The van der Waals surface area contributed by atoms with Crippen LogP contribution in [-0.4, -0.2) is 26.4 Å². The molecule has 12 heavy (non-hydrogen) atoms. The van der Waals surface area contributed by atoms with Crippen molar-refractivity contribution in [2.24, 2.45) is 0 Å². The van der Waals surface area contributed by atoms with E-state index < -0.39 is 28.0 Å². The molecule has 1 N–H and O–H groups in total. The van der Waals surface area contributed by atoms with Crippen molar-refractivity contribution >= 4 is 10.0 Å². The lowest BCUT2D eigenvalue weighted by atomic mass is 10.7. The highest BCUT2D eigenvalue weighted by molar-refractivity contribution is 7.90. The Morgan fingerprint density at radius 3 is 2.17 bits per heavy atom. The minimum Gasteiger partial charge on any atom is -0.212 e. The summed E-state index contributed by atoms with van der Waals surface area (Å²) in [5, 5.41) is -0.597. The van der Waals surface area contributed by atoms with Crippen molar-refractivity contribution in [1.29, 1.82) is 0 Å². The summed E-state index contributed by atoms with van der Waals surface area (Å²) in [7, 11) is -3.69. The van der Waals surface area contributed by atoms with E-state index >= 15 is 0 Å². The van der Waals surface area contributed by atoms with E-state index in [-0.39, 0.29) is 0 Å². The quantitative estimate of drug-likeness (QED) is 0.731. The van der Waals surface area contributed by atoms with E-state index in [1.54, 1.807) is 0 Å². The largest absolute Gasteiger partial charge is 0.402 e. The Morgan fingerprint density at radius 2 is 1.83 bits per heavy atom. The number of rotatable bonds is 3. The highest BCUT2D eigenvalue weighted by Gasteiger charge is 2.38. The summed E-state index contributed by atoms with van der Waals surface area (Å²) in [6.45, 7) is -1.47. The third kappa shape index (κ3) is 2.98. The van der Waals surface area contributed by atoms with E-state index in [1.807, 2.05) is 0 Å². The van der Waals surface area contributed by atoms with Crippen LogP contribution >= 0.6 is 0 Å². The van der Waals surface area contributed by atoms with Crippen LogP contribution in [-0.2, 0) is 10.0 Å². The second kappa shape index (κ2) is 2.88. The van der Waals surface area contributed by atoms with E-state index in [1.165, 1.54) is 4.72 Å². The number of halogens is 3. The van der Waals surface area contributed by atoms with Gasteiger partial charge in [0, 0.05) is 0 Å². The lowest BCUT2D eigenvalue weighted by molar-refractivity contribution is -0.121. The molecule has 0 amide bonds. The summed E-state index contributed by atoms with van der Waals surface area (Å²) in [5.74, 6) is 0. The lowest BCUT2D eigenvalue weighted by Crippen LogP contribution is -2.35. The minimum atomic E-state index is -4.47. The summed E-state index contributed by atoms with van der Waals surface area (Å²) >= 11 is 0. The maximum absolute atomic E-state index is 11.5. The summed E-state index contributed by atoms with van der Waals surface area (Å²) in [4.78, 5) is 0. The van der Waals surface area contributed by atoms with Crippen LogP contribution in [0.3, 0.4) is 0 Å². The summed E-state index contributed by atoms with van der Waals surface area (Å²) in [6.07, 6.45) is -3.54. The van der Waals surface area contributed by atoms with Crippen molar-refractivity contribution in [2.75, 3.05) is 6.54 Å². The molecule has 0 heterocycles. The molecule has 1 aliphatic rings. The Morgan fingerprint density at radius 1 is 1.33 bits per heavy atom. The lowest BCUT2D eigenvalue weighted by Gasteiger charge is -2.07. The maximum Gasteiger partial charge on any atom is 0.402 e. The standard InChI is InChI=1S/C5H8F3NO2S/c6-5(7,8)3-9-12(10,11)4-1-2-4/h4,9H,1-3H2. The monoisotopic (exact) mass is 203 g/mol. The van der Waals surface area contributed by atoms with Crippen molar-refractivity contribution in [3.8, 4) is 0 Å². The van der Waals surface area contributed by atoms with Crippen molar-refractivity contribution < 1.29 is 21.6 Å². The molecule has 0 bridgehead atoms. The third-order valence-corrected chi connectivity index (χ3v) is 3.33. The Hall–Kier alpha value is -0.300. The molecule has 0 unspecified atom stereocenters. The first-order valence-corrected chi connectivity index (χ1v) is 4.91. The summed E-state index contributed by atoms with van der Waals surface area (Å²) in [6, 6.07) is 0. The summed E-state index contributed by atoms with van der Waals surface area (Å²) in [5.41, 5.74) is 0. The fourth-order valence-electron chi connectivity index (χ4n) is 0.679. The number of hydrogen-bond acceptors (Lipinski definition) is 2. The van der Waals surface area contributed by atoms with Gasteiger partial charge in [-0.2, -0.15) is 13.2 Å². The average Bonchev–Trinajstić information content (AvgIpc) is 2.62. The van der Waals surface area contributed by atoms with Gasteiger partial charge in [0.25, 0.3) is 0 Å². The summed E-state index contributed by atoms with van der Waals surface area (Å²) < 4.78 is 57.8. The van der Waals surface area contributed by atoms with Gasteiger partial charge in [0.05, 0.1) is 5.25 Å². The van der Waals surface area contributed by atoms with Crippen molar-refractivity contribution in [2.45, 2.75) is 24.3 Å². The van der Waals surface area contributed by atoms with Gasteiger partial charge in [-0.05, 0) is 12.8 Å². The second-order valence-corrected chi connectivity index (χ2v) is 4.73. The smallest absolute Gasteiger partial charge is 0.212 e. The van der Waals surface area contributed by atoms with Gasteiger partial charge < -0.3 is 0 Å². The predicted molar refractivity (Wildman–Crippen MR) is 36.0 cm³/mol. The van der Waals surface area contributed by atoms with Crippen LogP contribution in [0.1, 0.15) is 12.8 Å². The molecule has 1 fully saturated rings. The molecule has 0 spiro atoms. The zero-order valence-electron chi connectivity index (χ0n) is 6.06. The molecule has 1 saturated carbocycles. The molecule has 7 heteroatoms. The van der Waals surface area contributed by atoms with Crippen molar-refractivity contribution in [3.63, 3.8) is 0 Å². The van der Waals surface area contributed by atoms with Crippen molar-refractivity contribution in [1.82, 2.24) is 4.72 Å².